The lowest BCUT2D eigenvalue weighted by Crippen LogP contribution is -2.32. The van der Waals surface area contributed by atoms with Gasteiger partial charge >= 0.3 is 18.0 Å². The summed E-state index contributed by atoms with van der Waals surface area (Å²) in [7, 11) is 0. The van der Waals surface area contributed by atoms with Gasteiger partial charge in [0.15, 0.2) is 0 Å². The molecule has 0 radical (unpaired) electrons. The number of carbonyl (C=O) groups excluding carboxylic acids is 2. The quantitative estimate of drug-likeness (QED) is 0.298. The van der Waals surface area contributed by atoms with Crippen molar-refractivity contribution >= 4 is 35.3 Å². The smallest absolute Gasteiger partial charge is 0.416 e. The summed E-state index contributed by atoms with van der Waals surface area (Å²) >= 11 is 5.84. The molecule has 0 spiro atoms. The molecule has 2 amide bonds. The number of carbonyl (C=O) groups is 2. The molecular formula is C23H17ClF3N3O3. The maximum atomic E-state index is 12.7. The van der Waals surface area contributed by atoms with Gasteiger partial charge in [-0.25, -0.2) is 5.43 Å². The molecule has 0 aromatic heterocycles. The minimum atomic E-state index is -4.57. The summed E-state index contributed by atoms with van der Waals surface area (Å²) in [4.78, 5) is 23.7. The van der Waals surface area contributed by atoms with Crippen molar-refractivity contribution in [2.24, 2.45) is 5.10 Å². The first-order valence-electron chi connectivity index (χ1n) is 9.50. The lowest BCUT2D eigenvalue weighted by Gasteiger charge is -2.09. The molecule has 3 rings (SSSR count). The van der Waals surface area contributed by atoms with Gasteiger partial charge in [-0.15, -0.1) is 0 Å². The van der Waals surface area contributed by atoms with Gasteiger partial charge in [0, 0.05) is 10.7 Å². The van der Waals surface area contributed by atoms with Crippen LogP contribution in [0.2, 0.25) is 5.02 Å². The summed E-state index contributed by atoms with van der Waals surface area (Å²) in [5.74, 6) is -1.67. The third-order valence-electron chi connectivity index (χ3n) is 4.23. The first kappa shape index (κ1) is 23.8. The third-order valence-corrected chi connectivity index (χ3v) is 4.48. The van der Waals surface area contributed by atoms with Crippen molar-refractivity contribution in [2.75, 3.05) is 5.32 Å². The number of rotatable bonds is 6. The fourth-order valence-corrected chi connectivity index (χ4v) is 2.70. The van der Waals surface area contributed by atoms with Gasteiger partial charge in [0.2, 0.25) is 0 Å². The van der Waals surface area contributed by atoms with Gasteiger partial charge in [-0.2, -0.15) is 18.3 Å². The lowest BCUT2D eigenvalue weighted by molar-refractivity contribution is -0.137. The zero-order valence-electron chi connectivity index (χ0n) is 16.9. The minimum absolute atomic E-state index is 0.164. The lowest BCUT2D eigenvalue weighted by atomic mass is 10.2. The molecular weight excluding hydrogens is 459 g/mol. The van der Waals surface area contributed by atoms with Crippen molar-refractivity contribution in [1.29, 1.82) is 0 Å². The van der Waals surface area contributed by atoms with Crippen molar-refractivity contribution in [3.8, 4) is 5.75 Å². The first-order chi connectivity index (χ1) is 15.7. The number of hydrogen-bond acceptors (Lipinski definition) is 4. The molecule has 0 bridgehead atoms. The molecule has 0 heterocycles. The summed E-state index contributed by atoms with van der Waals surface area (Å²) in [5.41, 5.74) is 2.48. The fourth-order valence-electron chi connectivity index (χ4n) is 2.57. The Morgan fingerprint density at radius 1 is 0.970 bits per heavy atom. The van der Waals surface area contributed by atoms with Gasteiger partial charge < -0.3 is 10.1 Å². The second-order valence-electron chi connectivity index (χ2n) is 6.72. The highest BCUT2D eigenvalue weighted by Gasteiger charge is 2.30. The number of amides is 2. The zero-order chi connectivity index (χ0) is 23.8. The van der Waals surface area contributed by atoms with Gasteiger partial charge in [0.1, 0.15) is 12.4 Å². The van der Waals surface area contributed by atoms with E-state index in [9.17, 15) is 22.8 Å². The van der Waals surface area contributed by atoms with E-state index in [-0.39, 0.29) is 5.69 Å². The number of benzene rings is 3. The van der Waals surface area contributed by atoms with E-state index in [4.69, 9.17) is 16.3 Å². The largest absolute Gasteiger partial charge is 0.489 e. The van der Waals surface area contributed by atoms with Gasteiger partial charge in [-0.1, -0.05) is 29.8 Å². The number of alkyl halides is 3. The summed E-state index contributed by atoms with van der Waals surface area (Å²) in [6, 6.07) is 18.0. The van der Waals surface area contributed by atoms with E-state index in [0.29, 0.717) is 22.9 Å². The Balaban J connectivity index is 1.48. The van der Waals surface area contributed by atoms with Crippen molar-refractivity contribution in [3.63, 3.8) is 0 Å². The Morgan fingerprint density at radius 2 is 1.67 bits per heavy atom. The maximum Gasteiger partial charge on any atom is 0.416 e. The Hall–Kier alpha value is -3.85. The predicted molar refractivity (Wildman–Crippen MR) is 118 cm³/mol. The topological polar surface area (TPSA) is 79.8 Å². The van der Waals surface area contributed by atoms with Crippen LogP contribution in [0.25, 0.3) is 0 Å². The first-order valence-corrected chi connectivity index (χ1v) is 9.87. The van der Waals surface area contributed by atoms with Gasteiger partial charge in [-0.05, 0) is 65.7 Å². The van der Waals surface area contributed by atoms with Crippen molar-refractivity contribution in [3.05, 3.63) is 94.5 Å². The van der Waals surface area contributed by atoms with Crippen LogP contribution in [-0.2, 0) is 22.4 Å². The molecule has 0 aliphatic heterocycles. The van der Waals surface area contributed by atoms with Crippen LogP contribution in [0.4, 0.5) is 18.9 Å². The highest BCUT2D eigenvalue weighted by atomic mass is 35.5. The molecule has 0 aliphatic carbocycles. The van der Waals surface area contributed by atoms with E-state index in [0.717, 1.165) is 23.8 Å². The number of nitrogens with zero attached hydrogens (tertiary/aromatic N) is 1. The average molecular weight is 476 g/mol. The number of ether oxygens (including phenoxy) is 1. The summed E-state index contributed by atoms with van der Waals surface area (Å²) < 4.78 is 43.8. The van der Waals surface area contributed by atoms with Crippen LogP contribution < -0.4 is 15.5 Å². The molecule has 6 nitrogen and oxygen atoms in total. The van der Waals surface area contributed by atoms with E-state index < -0.39 is 23.6 Å². The Labute approximate surface area is 192 Å². The van der Waals surface area contributed by atoms with Crippen molar-refractivity contribution < 1.29 is 27.5 Å². The van der Waals surface area contributed by atoms with Crippen LogP contribution in [0.3, 0.4) is 0 Å². The Bertz CT molecular complexity index is 1150. The molecule has 0 saturated carbocycles. The number of hydrogen-bond donors (Lipinski definition) is 2. The molecule has 10 heteroatoms. The zero-order valence-corrected chi connectivity index (χ0v) is 17.7. The second kappa shape index (κ2) is 10.6. The monoisotopic (exact) mass is 475 g/mol. The van der Waals surface area contributed by atoms with Crippen LogP contribution in [0.5, 0.6) is 5.75 Å². The highest BCUT2D eigenvalue weighted by molar-refractivity contribution is 6.39. The van der Waals surface area contributed by atoms with Crippen LogP contribution in [-0.4, -0.2) is 18.0 Å². The predicted octanol–water partition coefficient (Wildman–Crippen LogP) is 5.03. The molecule has 0 saturated heterocycles. The van der Waals surface area contributed by atoms with E-state index in [2.05, 4.69) is 10.4 Å². The Kier molecular flexibility index (Phi) is 7.68. The minimum Gasteiger partial charge on any atom is -0.489 e. The molecule has 3 aromatic carbocycles. The van der Waals surface area contributed by atoms with E-state index in [1.807, 2.05) is 17.6 Å². The average Bonchev–Trinajstić information content (AvgIpc) is 2.79. The number of anilines is 1. The molecule has 0 atom stereocenters. The molecule has 3 aromatic rings. The third kappa shape index (κ3) is 7.36. The van der Waals surface area contributed by atoms with E-state index in [1.165, 1.54) is 12.3 Å². The number of halogens is 4. The summed E-state index contributed by atoms with van der Waals surface area (Å²) in [5, 5.41) is 6.41. The van der Waals surface area contributed by atoms with Crippen LogP contribution in [0.15, 0.2) is 77.9 Å². The van der Waals surface area contributed by atoms with E-state index in [1.54, 1.807) is 36.4 Å². The summed E-state index contributed by atoms with van der Waals surface area (Å²) in [6.07, 6.45) is -3.26. The standard InChI is InChI=1S/C23H17ClF3N3O3/c24-18-8-4-16(5-9-18)14-33-20-10-6-15(7-11-20)13-28-30-22(32)21(31)29-19-3-1-2-17(12-19)23(25,26)27/h1-13H,14H2,(H,29,31)(H,30,32). The number of nitrogens with one attached hydrogen (secondary N) is 2. The molecule has 0 aliphatic rings. The van der Waals surface area contributed by atoms with Gasteiger partial charge in [-0.3, -0.25) is 9.59 Å². The number of hydrazone groups is 1. The molecule has 170 valence electrons. The van der Waals surface area contributed by atoms with Crippen LogP contribution in [0.1, 0.15) is 16.7 Å². The van der Waals surface area contributed by atoms with Crippen LogP contribution in [0, 0.1) is 0 Å². The maximum absolute atomic E-state index is 12.7. The normalized spacial score (nSPS) is 11.3. The fraction of sp³-hybridized carbons (Fsp3) is 0.0870. The van der Waals surface area contributed by atoms with Gasteiger partial charge in [0.25, 0.3) is 0 Å². The Morgan fingerprint density at radius 3 is 2.33 bits per heavy atom. The van der Waals surface area contributed by atoms with Crippen LogP contribution >= 0.6 is 11.6 Å². The van der Waals surface area contributed by atoms with Crippen molar-refractivity contribution in [2.45, 2.75) is 12.8 Å². The van der Waals surface area contributed by atoms with Crippen molar-refractivity contribution in [1.82, 2.24) is 5.43 Å². The van der Waals surface area contributed by atoms with E-state index >= 15 is 0 Å². The molecule has 33 heavy (non-hydrogen) atoms. The molecule has 2 N–H and O–H groups in total. The SMILES string of the molecule is O=C(NN=Cc1ccc(OCc2ccc(Cl)cc2)cc1)C(=O)Nc1cccc(C(F)(F)F)c1. The van der Waals surface area contributed by atoms with Gasteiger partial charge in [0.05, 0.1) is 11.8 Å². The highest BCUT2D eigenvalue weighted by Crippen LogP contribution is 2.30. The summed E-state index contributed by atoms with van der Waals surface area (Å²) in [6.45, 7) is 0.363. The molecule has 0 fully saturated rings. The second-order valence-corrected chi connectivity index (χ2v) is 7.15. The molecule has 0 unspecified atom stereocenters.